The molecule has 0 aromatic heterocycles. The van der Waals surface area contributed by atoms with E-state index in [9.17, 15) is 25.2 Å². The second-order valence-corrected chi connectivity index (χ2v) is 6.47. The van der Waals surface area contributed by atoms with Gasteiger partial charge in [0.1, 0.15) is 35.9 Å². The van der Waals surface area contributed by atoms with Crippen LogP contribution in [0.5, 0.6) is 0 Å². The molecule has 1 fully saturated rings. The zero-order chi connectivity index (χ0) is 20.7. The third kappa shape index (κ3) is 6.36. The van der Waals surface area contributed by atoms with E-state index in [1.165, 1.54) is 6.92 Å². The Morgan fingerprint density at radius 2 is 1.78 bits per heavy atom. The Labute approximate surface area is 156 Å². The van der Waals surface area contributed by atoms with Crippen molar-refractivity contribution in [3.05, 3.63) is 11.5 Å². The highest BCUT2D eigenvalue weighted by atomic mass is 16.6. The number of hydrogen-bond donors (Lipinski definition) is 8. The van der Waals surface area contributed by atoms with Crippen molar-refractivity contribution in [1.82, 2.24) is 5.32 Å². The van der Waals surface area contributed by atoms with Gasteiger partial charge in [0.05, 0.1) is 12.7 Å². The largest absolute Gasteiger partial charge is 0.510 e. The standard InChI is InChI=1S/C16H29NO10/c1-7-15(14(24)13(23)11(6-20)26-7)27-16(25)12(17-8(2)21)10(22)3-9(4-18)5-19/h7,9,11,13-16,18-20,22-25H,3-6H2,1-2H3,(H,17,21)/b12-10+/t7-,11?,13-,14?,15?,16+/m1/s1. The number of allylic oxidation sites excluding steroid dienone is 1. The molecule has 1 heterocycles. The predicted octanol–water partition coefficient (Wildman–Crippen LogP) is -2.91. The average molecular weight is 395 g/mol. The summed E-state index contributed by atoms with van der Waals surface area (Å²) < 4.78 is 10.6. The van der Waals surface area contributed by atoms with Gasteiger partial charge in [0, 0.05) is 32.5 Å². The summed E-state index contributed by atoms with van der Waals surface area (Å²) in [5, 5.41) is 70.2. The van der Waals surface area contributed by atoms with Crippen LogP contribution in [-0.2, 0) is 14.3 Å². The number of hydrogen-bond acceptors (Lipinski definition) is 10. The average Bonchev–Trinajstić information content (AvgIpc) is 2.63. The number of nitrogens with one attached hydrogen (secondary N) is 1. The lowest BCUT2D eigenvalue weighted by Gasteiger charge is -2.41. The molecule has 0 spiro atoms. The fourth-order valence-corrected chi connectivity index (χ4v) is 2.72. The number of aliphatic hydroxyl groups excluding tert-OH is 7. The van der Waals surface area contributed by atoms with Gasteiger partial charge in [0.25, 0.3) is 0 Å². The molecule has 27 heavy (non-hydrogen) atoms. The molecule has 1 amide bonds. The molecule has 1 aliphatic rings. The highest BCUT2D eigenvalue weighted by Crippen LogP contribution is 2.25. The molecule has 0 aromatic carbocycles. The van der Waals surface area contributed by atoms with Crippen molar-refractivity contribution in [3.8, 4) is 0 Å². The summed E-state index contributed by atoms with van der Waals surface area (Å²) in [4.78, 5) is 11.4. The maximum absolute atomic E-state index is 11.4. The lowest BCUT2D eigenvalue weighted by Crippen LogP contribution is -2.59. The lowest BCUT2D eigenvalue weighted by molar-refractivity contribution is -0.264. The van der Waals surface area contributed by atoms with Gasteiger partial charge in [0.2, 0.25) is 5.91 Å². The lowest BCUT2D eigenvalue weighted by atomic mass is 9.95. The Bertz CT molecular complexity index is 509. The van der Waals surface area contributed by atoms with E-state index in [2.05, 4.69) is 5.32 Å². The van der Waals surface area contributed by atoms with Crippen molar-refractivity contribution in [1.29, 1.82) is 0 Å². The van der Waals surface area contributed by atoms with Crippen LogP contribution in [0.2, 0.25) is 0 Å². The van der Waals surface area contributed by atoms with Gasteiger partial charge >= 0.3 is 0 Å². The first-order valence-corrected chi connectivity index (χ1v) is 8.53. The fraction of sp³-hybridized carbons (Fsp3) is 0.812. The van der Waals surface area contributed by atoms with Crippen LogP contribution in [0.25, 0.3) is 0 Å². The molecule has 0 bridgehead atoms. The van der Waals surface area contributed by atoms with E-state index in [0.717, 1.165) is 6.92 Å². The van der Waals surface area contributed by atoms with Gasteiger partial charge in [-0.2, -0.15) is 0 Å². The Hall–Kier alpha value is -1.31. The van der Waals surface area contributed by atoms with Crippen molar-refractivity contribution < 1.29 is 50.0 Å². The zero-order valence-corrected chi connectivity index (χ0v) is 15.2. The quantitative estimate of drug-likeness (QED) is 0.148. The minimum Gasteiger partial charge on any atom is -0.510 e. The highest BCUT2D eigenvalue weighted by Gasteiger charge is 2.44. The molecule has 3 unspecified atom stereocenters. The predicted molar refractivity (Wildman–Crippen MR) is 90.1 cm³/mol. The van der Waals surface area contributed by atoms with Crippen LogP contribution >= 0.6 is 0 Å². The van der Waals surface area contributed by atoms with E-state index in [0.29, 0.717) is 0 Å². The first-order valence-electron chi connectivity index (χ1n) is 8.53. The number of carbonyl (C=O) groups is 1. The molecule has 158 valence electrons. The second kappa shape index (κ2) is 10.9. The normalized spacial score (nSPS) is 30.8. The zero-order valence-electron chi connectivity index (χ0n) is 15.2. The number of amides is 1. The first kappa shape index (κ1) is 23.7. The van der Waals surface area contributed by atoms with Gasteiger partial charge in [-0.25, -0.2) is 0 Å². The van der Waals surface area contributed by atoms with Gasteiger partial charge < -0.3 is 50.5 Å². The molecule has 6 atom stereocenters. The molecule has 1 rings (SSSR count). The summed E-state index contributed by atoms with van der Waals surface area (Å²) in [6, 6.07) is 0. The van der Waals surface area contributed by atoms with Gasteiger partial charge in [-0.15, -0.1) is 0 Å². The Kier molecular flexibility index (Phi) is 9.56. The minimum absolute atomic E-state index is 0.252. The smallest absolute Gasteiger partial charge is 0.221 e. The van der Waals surface area contributed by atoms with E-state index in [1.54, 1.807) is 0 Å². The molecule has 0 aromatic rings. The SMILES string of the molecule is CC(=O)N/C(=C(/O)CC(CO)CO)[C@@H](O)OC1C(O)[C@H](O)C(CO)O[C@@H]1C. The summed E-state index contributed by atoms with van der Waals surface area (Å²) in [7, 11) is 0. The topological polar surface area (TPSA) is 189 Å². The van der Waals surface area contributed by atoms with Crippen LogP contribution in [0.3, 0.4) is 0 Å². The molecule has 8 N–H and O–H groups in total. The van der Waals surface area contributed by atoms with Crippen molar-refractivity contribution in [3.63, 3.8) is 0 Å². The maximum Gasteiger partial charge on any atom is 0.221 e. The second-order valence-electron chi connectivity index (χ2n) is 6.47. The van der Waals surface area contributed by atoms with Gasteiger partial charge in [-0.3, -0.25) is 4.79 Å². The Morgan fingerprint density at radius 1 is 1.19 bits per heavy atom. The molecule has 0 radical (unpaired) electrons. The highest BCUT2D eigenvalue weighted by molar-refractivity contribution is 5.75. The first-order chi connectivity index (χ1) is 12.7. The van der Waals surface area contributed by atoms with Crippen molar-refractivity contribution in [2.75, 3.05) is 19.8 Å². The van der Waals surface area contributed by atoms with E-state index < -0.39 is 79.9 Å². The number of carbonyl (C=O) groups excluding carboxylic acids is 1. The van der Waals surface area contributed by atoms with Crippen molar-refractivity contribution in [2.24, 2.45) is 5.92 Å². The molecule has 1 saturated heterocycles. The van der Waals surface area contributed by atoms with Crippen LogP contribution in [-0.4, -0.2) is 98.3 Å². The van der Waals surface area contributed by atoms with Crippen LogP contribution in [0.1, 0.15) is 20.3 Å². The van der Waals surface area contributed by atoms with E-state index >= 15 is 0 Å². The fourth-order valence-electron chi connectivity index (χ4n) is 2.72. The summed E-state index contributed by atoms with van der Waals surface area (Å²) in [5.41, 5.74) is -0.424. The third-order valence-corrected chi connectivity index (χ3v) is 4.25. The summed E-state index contributed by atoms with van der Waals surface area (Å²) in [6.45, 7) is 1.22. The molecule has 0 aliphatic carbocycles. The third-order valence-electron chi connectivity index (χ3n) is 4.25. The van der Waals surface area contributed by atoms with Crippen LogP contribution in [0.15, 0.2) is 11.5 Å². The number of ether oxygens (including phenoxy) is 2. The summed E-state index contributed by atoms with van der Waals surface area (Å²) in [5.74, 6) is -1.88. The van der Waals surface area contributed by atoms with Crippen LogP contribution in [0.4, 0.5) is 0 Å². The molecular formula is C16H29NO10. The Balaban J connectivity index is 2.98. The van der Waals surface area contributed by atoms with E-state index in [4.69, 9.17) is 24.8 Å². The molecule has 1 aliphatic heterocycles. The number of rotatable bonds is 9. The summed E-state index contributed by atoms with van der Waals surface area (Å²) >= 11 is 0. The van der Waals surface area contributed by atoms with Crippen molar-refractivity contribution in [2.45, 2.75) is 57.1 Å². The van der Waals surface area contributed by atoms with Crippen LogP contribution in [0, 0.1) is 5.92 Å². The van der Waals surface area contributed by atoms with Crippen molar-refractivity contribution >= 4 is 5.91 Å². The van der Waals surface area contributed by atoms with Gasteiger partial charge in [-0.1, -0.05) is 0 Å². The van der Waals surface area contributed by atoms with E-state index in [-0.39, 0.29) is 6.42 Å². The monoisotopic (exact) mass is 395 g/mol. The molecular weight excluding hydrogens is 366 g/mol. The summed E-state index contributed by atoms with van der Waals surface area (Å²) in [6.07, 6.45) is -8.24. The molecule has 11 heteroatoms. The van der Waals surface area contributed by atoms with Gasteiger partial charge in [-0.05, 0) is 6.92 Å². The maximum atomic E-state index is 11.4. The van der Waals surface area contributed by atoms with E-state index in [1.807, 2.05) is 0 Å². The minimum atomic E-state index is -1.91. The number of aliphatic hydroxyl groups is 7. The Morgan fingerprint density at radius 3 is 2.26 bits per heavy atom. The van der Waals surface area contributed by atoms with Gasteiger partial charge in [0.15, 0.2) is 6.29 Å². The molecule has 0 saturated carbocycles. The van der Waals surface area contributed by atoms with Crippen LogP contribution < -0.4 is 5.32 Å². The molecule has 11 nitrogen and oxygen atoms in total.